The topological polar surface area (TPSA) is 67.9 Å². The van der Waals surface area contributed by atoms with Crippen molar-refractivity contribution >= 4 is 46.9 Å². The fourth-order valence-corrected chi connectivity index (χ4v) is 2.76. The minimum atomic E-state index is -0.463. The van der Waals surface area contributed by atoms with E-state index in [0.717, 1.165) is 6.42 Å². The van der Waals surface area contributed by atoms with Crippen LogP contribution < -0.4 is 10.1 Å². The van der Waals surface area contributed by atoms with Crippen LogP contribution >= 0.6 is 23.8 Å². The molecule has 1 aromatic carbocycles. The van der Waals surface area contributed by atoms with Crippen LogP contribution in [0, 0.1) is 0 Å². The first-order chi connectivity index (χ1) is 12.0. The average Bonchev–Trinajstić information content (AvgIpc) is 2.82. The maximum absolute atomic E-state index is 12.3. The van der Waals surface area contributed by atoms with E-state index in [4.69, 9.17) is 33.3 Å². The van der Waals surface area contributed by atoms with Crippen LogP contribution in [0.25, 0.3) is 6.08 Å². The third-order valence-electron chi connectivity index (χ3n) is 3.33. The number of esters is 1. The molecule has 0 spiro atoms. The number of ether oxygens (including phenoxy) is 2. The Morgan fingerprint density at radius 1 is 1.40 bits per heavy atom. The van der Waals surface area contributed by atoms with E-state index in [-0.39, 0.29) is 12.5 Å². The van der Waals surface area contributed by atoms with Crippen molar-refractivity contribution in [1.82, 2.24) is 10.2 Å². The Kier molecular flexibility index (Phi) is 6.78. The van der Waals surface area contributed by atoms with E-state index in [1.165, 1.54) is 4.90 Å². The number of benzene rings is 1. The van der Waals surface area contributed by atoms with Gasteiger partial charge in [-0.05, 0) is 49.3 Å². The quantitative estimate of drug-likeness (QED) is 0.444. The monoisotopic (exact) mass is 382 g/mol. The molecule has 0 saturated carbocycles. The second-order valence-corrected chi connectivity index (χ2v) is 6.02. The van der Waals surface area contributed by atoms with Crippen LogP contribution in [0.3, 0.4) is 0 Å². The lowest BCUT2D eigenvalue weighted by molar-refractivity contribution is -0.145. The summed E-state index contributed by atoms with van der Waals surface area (Å²) in [6.07, 6.45) is 2.49. The van der Waals surface area contributed by atoms with Gasteiger partial charge in [0.2, 0.25) is 0 Å². The number of hydrogen-bond donors (Lipinski definition) is 1. The Morgan fingerprint density at radius 2 is 2.16 bits per heavy atom. The van der Waals surface area contributed by atoms with Crippen molar-refractivity contribution in [3.63, 3.8) is 0 Å². The Balaban J connectivity index is 2.09. The second kappa shape index (κ2) is 8.82. The molecule has 134 valence electrons. The summed E-state index contributed by atoms with van der Waals surface area (Å²) >= 11 is 11.3. The molecule has 1 amide bonds. The summed E-state index contributed by atoms with van der Waals surface area (Å²) in [7, 11) is 0. The van der Waals surface area contributed by atoms with Gasteiger partial charge in [-0.25, -0.2) is 4.79 Å². The van der Waals surface area contributed by atoms with Gasteiger partial charge in [0.15, 0.2) is 11.7 Å². The zero-order valence-corrected chi connectivity index (χ0v) is 15.6. The molecule has 6 nitrogen and oxygen atoms in total. The predicted molar refractivity (Wildman–Crippen MR) is 99.3 cm³/mol. The van der Waals surface area contributed by atoms with Gasteiger partial charge in [0, 0.05) is 6.54 Å². The molecule has 0 unspecified atom stereocenters. The van der Waals surface area contributed by atoms with Crippen LogP contribution in [0.2, 0.25) is 5.02 Å². The smallest absolute Gasteiger partial charge is 0.344 e. The van der Waals surface area contributed by atoms with Gasteiger partial charge < -0.3 is 14.8 Å². The first-order valence-electron chi connectivity index (χ1n) is 7.88. The largest absolute Gasteiger partial charge is 0.480 e. The zero-order valence-electron chi connectivity index (χ0n) is 14.0. The van der Waals surface area contributed by atoms with Crippen molar-refractivity contribution in [2.75, 3.05) is 19.8 Å². The van der Waals surface area contributed by atoms with Gasteiger partial charge >= 0.3 is 5.97 Å². The predicted octanol–water partition coefficient (Wildman–Crippen LogP) is 2.75. The summed E-state index contributed by atoms with van der Waals surface area (Å²) in [5, 5.41) is 3.64. The third kappa shape index (κ3) is 4.93. The number of halogens is 1. The van der Waals surface area contributed by atoms with Crippen LogP contribution in [-0.2, 0) is 14.3 Å². The number of rotatable bonds is 7. The highest BCUT2D eigenvalue weighted by atomic mass is 35.5. The van der Waals surface area contributed by atoms with Gasteiger partial charge in [0.05, 0.1) is 11.6 Å². The molecular formula is C17H19ClN2O4S. The molecule has 1 saturated heterocycles. The van der Waals surface area contributed by atoms with E-state index in [1.54, 1.807) is 31.2 Å². The van der Waals surface area contributed by atoms with Crippen LogP contribution in [0.15, 0.2) is 23.9 Å². The Bertz CT molecular complexity index is 721. The number of amides is 1. The van der Waals surface area contributed by atoms with Crippen molar-refractivity contribution in [2.45, 2.75) is 20.3 Å². The van der Waals surface area contributed by atoms with E-state index in [2.05, 4.69) is 5.32 Å². The summed E-state index contributed by atoms with van der Waals surface area (Å²) in [6, 6.07) is 5.02. The first-order valence-corrected chi connectivity index (χ1v) is 8.67. The van der Waals surface area contributed by atoms with E-state index in [0.29, 0.717) is 40.3 Å². The highest BCUT2D eigenvalue weighted by Gasteiger charge is 2.29. The van der Waals surface area contributed by atoms with Crippen molar-refractivity contribution in [3.8, 4) is 5.75 Å². The summed E-state index contributed by atoms with van der Waals surface area (Å²) < 4.78 is 10.1. The zero-order chi connectivity index (χ0) is 18.4. The van der Waals surface area contributed by atoms with E-state index in [1.807, 2.05) is 6.92 Å². The Hall–Kier alpha value is -2.12. The summed E-state index contributed by atoms with van der Waals surface area (Å²) in [4.78, 5) is 25.1. The molecule has 0 aliphatic carbocycles. The molecule has 1 heterocycles. The molecule has 1 aromatic rings. The van der Waals surface area contributed by atoms with Gasteiger partial charge in [0.25, 0.3) is 5.91 Å². The normalized spacial score (nSPS) is 15.5. The van der Waals surface area contributed by atoms with Gasteiger partial charge in [-0.15, -0.1) is 0 Å². The number of carbonyl (C=O) groups excluding carboxylic acids is 2. The Labute approximate surface area is 156 Å². The highest BCUT2D eigenvalue weighted by Crippen LogP contribution is 2.27. The van der Waals surface area contributed by atoms with Crippen molar-refractivity contribution in [2.24, 2.45) is 0 Å². The van der Waals surface area contributed by atoms with Crippen LogP contribution in [0.5, 0.6) is 5.75 Å². The van der Waals surface area contributed by atoms with E-state index >= 15 is 0 Å². The molecular weight excluding hydrogens is 364 g/mol. The van der Waals surface area contributed by atoms with Gasteiger partial charge in [-0.2, -0.15) is 0 Å². The van der Waals surface area contributed by atoms with Crippen LogP contribution in [0.4, 0.5) is 0 Å². The molecule has 0 aromatic heterocycles. The minimum absolute atomic E-state index is 0.161. The molecule has 8 heteroatoms. The Morgan fingerprint density at radius 3 is 2.80 bits per heavy atom. The number of hydrogen-bond acceptors (Lipinski definition) is 5. The van der Waals surface area contributed by atoms with Gasteiger partial charge in [0.1, 0.15) is 11.4 Å². The molecule has 0 bridgehead atoms. The van der Waals surface area contributed by atoms with Gasteiger partial charge in [-0.3, -0.25) is 9.69 Å². The standard InChI is InChI=1S/C17H19ClN2O4S/c1-3-7-20-16(22)13(19-17(20)25)9-11-5-6-14(12(18)8-11)24-10-15(21)23-4-2/h5-6,8-9H,3-4,7,10H2,1-2H3,(H,19,25)/b13-9-. The number of nitrogens with one attached hydrogen (secondary N) is 1. The molecule has 1 fully saturated rings. The average molecular weight is 383 g/mol. The molecule has 25 heavy (non-hydrogen) atoms. The number of thiocarbonyl (C=S) groups is 1. The number of nitrogens with zero attached hydrogens (tertiary/aromatic N) is 1. The second-order valence-electron chi connectivity index (χ2n) is 5.23. The fourth-order valence-electron chi connectivity index (χ4n) is 2.23. The molecule has 0 atom stereocenters. The summed E-state index contributed by atoms with van der Waals surface area (Å²) in [5.41, 5.74) is 1.11. The molecule has 0 radical (unpaired) electrons. The van der Waals surface area contributed by atoms with Crippen LogP contribution in [-0.4, -0.2) is 41.6 Å². The maximum Gasteiger partial charge on any atom is 0.344 e. The first kappa shape index (κ1) is 19.2. The van der Waals surface area contributed by atoms with Gasteiger partial charge in [-0.1, -0.05) is 24.6 Å². The van der Waals surface area contributed by atoms with Crippen molar-refractivity contribution in [3.05, 3.63) is 34.5 Å². The maximum atomic E-state index is 12.3. The fraction of sp³-hybridized carbons (Fsp3) is 0.353. The van der Waals surface area contributed by atoms with Crippen molar-refractivity contribution in [1.29, 1.82) is 0 Å². The number of carbonyl (C=O) groups is 2. The minimum Gasteiger partial charge on any atom is -0.480 e. The SMILES string of the molecule is CCCN1C(=O)/C(=C/c2ccc(OCC(=O)OCC)c(Cl)c2)NC1=S. The lowest BCUT2D eigenvalue weighted by atomic mass is 10.2. The van der Waals surface area contributed by atoms with Crippen molar-refractivity contribution < 1.29 is 19.1 Å². The molecule has 2 rings (SSSR count). The van der Waals surface area contributed by atoms with E-state index in [9.17, 15) is 9.59 Å². The third-order valence-corrected chi connectivity index (χ3v) is 3.95. The lowest BCUT2D eigenvalue weighted by Gasteiger charge is -2.11. The highest BCUT2D eigenvalue weighted by molar-refractivity contribution is 7.80. The summed E-state index contributed by atoms with van der Waals surface area (Å²) in [6.45, 7) is 4.35. The summed E-state index contributed by atoms with van der Waals surface area (Å²) in [5.74, 6) is -0.258. The molecule has 1 aliphatic heterocycles. The molecule has 1 aliphatic rings. The lowest BCUT2D eigenvalue weighted by Crippen LogP contribution is -2.31. The van der Waals surface area contributed by atoms with E-state index < -0.39 is 5.97 Å². The van der Waals surface area contributed by atoms with Crippen LogP contribution in [0.1, 0.15) is 25.8 Å². The molecule has 1 N–H and O–H groups in total.